The molecule has 0 bridgehead atoms. The van der Waals surface area contributed by atoms with Crippen LogP contribution in [0.15, 0.2) is 24.3 Å². The predicted molar refractivity (Wildman–Crippen MR) is 85.7 cm³/mol. The highest BCUT2D eigenvalue weighted by atomic mass is 32.2. The number of carbonyl (C=O) groups excluding carboxylic acids is 1. The van der Waals surface area contributed by atoms with Gasteiger partial charge in [0.25, 0.3) is 0 Å². The van der Waals surface area contributed by atoms with E-state index in [1.54, 1.807) is 0 Å². The highest BCUT2D eigenvalue weighted by Crippen LogP contribution is 2.24. The van der Waals surface area contributed by atoms with Crippen LogP contribution in [0.1, 0.15) is 33.6 Å². The van der Waals surface area contributed by atoms with Crippen molar-refractivity contribution in [3.63, 3.8) is 0 Å². The fourth-order valence-corrected chi connectivity index (χ4v) is 3.40. The van der Waals surface area contributed by atoms with Gasteiger partial charge in [0.2, 0.25) is 15.9 Å². The van der Waals surface area contributed by atoms with Crippen molar-refractivity contribution in [2.45, 2.75) is 45.7 Å². The van der Waals surface area contributed by atoms with Crippen molar-refractivity contribution in [1.29, 1.82) is 0 Å². The van der Waals surface area contributed by atoms with E-state index in [1.165, 1.54) is 31.2 Å². The Balaban J connectivity index is 3.14. The summed E-state index contributed by atoms with van der Waals surface area (Å²) in [4.78, 5) is 12.3. The number of halogens is 1. The number of benzene rings is 1. The first-order valence-corrected chi connectivity index (χ1v) is 9.11. The zero-order chi connectivity index (χ0) is 16.9. The lowest BCUT2D eigenvalue weighted by molar-refractivity contribution is -0.122. The quantitative estimate of drug-likeness (QED) is 0.834. The highest BCUT2D eigenvalue weighted by molar-refractivity contribution is 7.92. The first-order chi connectivity index (χ1) is 10.2. The first-order valence-electron chi connectivity index (χ1n) is 7.26. The fraction of sp³-hybridized carbons (Fsp3) is 0.533. The lowest BCUT2D eigenvalue weighted by atomic mass is 10.1. The van der Waals surface area contributed by atoms with Crippen LogP contribution in [0.5, 0.6) is 0 Å². The molecular formula is C15H23FN2O3S. The number of anilines is 1. The zero-order valence-corrected chi connectivity index (χ0v) is 14.2. The molecule has 22 heavy (non-hydrogen) atoms. The second kappa shape index (κ2) is 7.58. The minimum Gasteiger partial charge on any atom is -0.352 e. The molecule has 7 heteroatoms. The number of para-hydroxylation sites is 1. The van der Waals surface area contributed by atoms with Crippen molar-refractivity contribution in [2.75, 3.05) is 10.6 Å². The molecule has 0 spiro atoms. The van der Waals surface area contributed by atoms with Gasteiger partial charge in [-0.1, -0.05) is 26.0 Å². The summed E-state index contributed by atoms with van der Waals surface area (Å²) in [6.45, 7) is 5.32. The van der Waals surface area contributed by atoms with Gasteiger partial charge in [-0.15, -0.1) is 0 Å². The normalized spacial score (nSPS) is 13.0. The van der Waals surface area contributed by atoms with Crippen LogP contribution in [0.3, 0.4) is 0 Å². The molecule has 0 aliphatic heterocycles. The molecule has 0 saturated heterocycles. The largest absolute Gasteiger partial charge is 0.352 e. The molecule has 1 aromatic rings. The van der Waals surface area contributed by atoms with Crippen molar-refractivity contribution in [2.24, 2.45) is 0 Å². The van der Waals surface area contributed by atoms with E-state index in [-0.39, 0.29) is 11.7 Å². The van der Waals surface area contributed by atoms with Gasteiger partial charge in [-0.3, -0.25) is 9.10 Å². The minimum atomic E-state index is -3.80. The van der Waals surface area contributed by atoms with E-state index in [0.29, 0.717) is 0 Å². The van der Waals surface area contributed by atoms with Crippen LogP contribution in [-0.4, -0.2) is 32.7 Å². The minimum absolute atomic E-state index is 0.0306. The van der Waals surface area contributed by atoms with E-state index < -0.39 is 27.8 Å². The van der Waals surface area contributed by atoms with Crippen molar-refractivity contribution in [1.82, 2.24) is 5.32 Å². The smallest absolute Gasteiger partial charge is 0.243 e. The molecule has 0 radical (unpaired) electrons. The molecule has 1 rings (SSSR count). The lowest BCUT2D eigenvalue weighted by Gasteiger charge is -2.29. The summed E-state index contributed by atoms with van der Waals surface area (Å²) in [5, 5.41) is 2.79. The number of rotatable bonds is 7. The van der Waals surface area contributed by atoms with Gasteiger partial charge in [-0.2, -0.15) is 0 Å². The van der Waals surface area contributed by atoms with Crippen LogP contribution < -0.4 is 9.62 Å². The maximum Gasteiger partial charge on any atom is 0.243 e. The van der Waals surface area contributed by atoms with Gasteiger partial charge in [0, 0.05) is 6.04 Å². The molecule has 1 aromatic carbocycles. The SMILES string of the molecule is CCC(CC)NC(=O)C(C)N(c1ccccc1F)S(C)(=O)=O. The third-order valence-electron chi connectivity index (χ3n) is 3.51. The molecule has 124 valence electrons. The highest BCUT2D eigenvalue weighted by Gasteiger charge is 2.31. The predicted octanol–water partition coefficient (Wildman–Crippen LogP) is 2.29. The average molecular weight is 330 g/mol. The topological polar surface area (TPSA) is 66.5 Å². The number of carbonyl (C=O) groups is 1. The van der Waals surface area contributed by atoms with Crippen LogP contribution in [0.4, 0.5) is 10.1 Å². The van der Waals surface area contributed by atoms with Gasteiger partial charge >= 0.3 is 0 Å². The van der Waals surface area contributed by atoms with E-state index in [0.717, 1.165) is 23.4 Å². The Bertz CT molecular complexity index is 615. The van der Waals surface area contributed by atoms with Gasteiger partial charge < -0.3 is 5.32 Å². The maximum absolute atomic E-state index is 14.0. The Kier molecular flexibility index (Phi) is 6.34. The van der Waals surface area contributed by atoms with Crippen molar-refractivity contribution >= 4 is 21.6 Å². The molecule has 0 fully saturated rings. The van der Waals surface area contributed by atoms with Gasteiger partial charge in [-0.05, 0) is 31.9 Å². The third kappa shape index (κ3) is 4.43. The third-order valence-corrected chi connectivity index (χ3v) is 4.74. The van der Waals surface area contributed by atoms with Crippen LogP contribution in [0.25, 0.3) is 0 Å². The molecule has 0 aliphatic carbocycles. The van der Waals surface area contributed by atoms with E-state index in [9.17, 15) is 17.6 Å². The molecule has 5 nitrogen and oxygen atoms in total. The molecule has 0 saturated carbocycles. The van der Waals surface area contributed by atoms with Gasteiger partial charge in [-0.25, -0.2) is 12.8 Å². The summed E-state index contributed by atoms with van der Waals surface area (Å²) in [6.07, 6.45) is 2.45. The number of sulfonamides is 1. The van der Waals surface area contributed by atoms with E-state index in [4.69, 9.17) is 0 Å². The number of nitrogens with one attached hydrogen (secondary N) is 1. The van der Waals surface area contributed by atoms with E-state index >= 15 is 0 Å². The van der Waals surface area contributed by atoms with Crippen LogP contribution >= 0.6 is 0 Å². The van der Waals surface area contributed by atoms with Gasteiger partial charge in [0.1, 0.15) is 11.9 Å². The molecule has 0 aromatic heterocycles. The summed E-state index contributed by atoms with van der Waals surface area (Å²) in [5.74, 6) is -1.13. The monoisotopic (exact) mass is 330 g/mol. The van der Waals surface area contributed by atoms with Gasteiger partial charge in [0.05, 0.1) is 11.9 Å². The lowest BCUT2D eigenvalue weighted by Crippen LogP contribution is -2.50. The fourth-order valence-electron chi connectivity index (χ4n) is 2.23. The second-order valence-electron chi connectivity index (χ2n) is 5.21. The molecule has 1 unspecified atom stereocenters. The van der Waals surface area contributed by atoms with Crippen LogP contribution in [-0.2, 0) is 14.8 Å². The molecule has 1 atom stereocenters. The number of hydrogen-bond donors (Lipinski definition) is 1. The van der Waals surface area contributed by atoms with Gasteiger partial charge in [0.15, 0.2) is 0 Å². The molecule has 0 aliphatic rings. The van der Waals surface area contributed by atoms with Crippen molar-refractivity contribution < 1.29 is 17.6 Å². The second-order valence-corrected chi connectivity index (χ2v) is 7.07. The first kappa shape index (κ1) is 18.4. The number of amides is 1. The molecular weight excluding hydrogens is 307 g/mol. The van der Waals surface area contributed by atoms with Crippen LogP contribution in [0.2, 0.25) is 0 Å². The Morgan fingerprint density at radius 3 is 2.27 bits per heavy atom. The average Bonchev–Trinajstić information content (AvgIpc) is 2.45. The van der Waals surface area contributed by atoms with Crippen LogP contribution in [0, 0.1) is 5.82 Å². The summed E-state index contributed by atoms with van der Waals surface area (Å²) in [7, 11) is -3.80. The standard InChI is InChI=1S/C15H23FN2O3S/c1-5-12(6-2)17-15(19)11(3)18(22(4,20)21)14-10-8-7-9-13(14)16/h7-12H,5-6H2,1-4H3,(H,17,19). The number of hydrogen-bond acceptors (Lipinski definition) is 3. The molecule has 1 N–H and O–H groups in total. The zero-order valence-electron chi connectivity index (χ0n) is 13.3. The molecule has 1 amide bonds. The summed E-state index contributed by atoms with van der Waals surface area (Å²) in [5.41, 5.74) is -0.128. The Morgan fingerprint density at radius 1 is 1.27 bits per heavy atom. The summed E-state index contributed by atoms with van der Waals surface area (Å²) >= 11 is 0. The van der Waals surface area contributed by atoms with E-state index in [2.05, 4.69) is 5.32 Å². The van der Waals surface area contributed by atoms with Crippen molar-refractivity contribution in [3.8, 4) is 0 Å². The Labute approximate surface area is 131 Å². The Morgan fingerprint density at radius 2 is 1.82 bits per heavy atom. The Hall–Kier alpha value is -1.63. The number of nitrogens with zero attached hydrogens (tertiary/aromatic N) is 1. The molecule has 0 heterocycles. The summed E-state index contributed by atoms with van der Waals surface area (Å²) in [6, 6.07) is 4.44. The van der Waals surface area contributed by atoms with Crippen molar-refractivity contribution in [3.05, 3.63) is 30.1 Å². The summed E-state index contributed by atoms with van der Waals surface area (Å²) < 4.78 is 38.8. The maximum atomic E-state index is 14.0. The van der Waals surface area contributed by atoms with E-state index in [1.807, 2.05) is 13.8 Å².